The van der Waals surface area contributed by atoms with E-state index in [-0.39, 0.29) is 0 Å². The van der Waals surface area contributed by atoms with Gasteiger partial charge in [-0.25, -0.2) is 0 Å². The Hall–Kier alpha value is -2.02. The smallest absolute Gasteiger partial charge is 0.0314 e. The van der Waals surface area contributed by atoms with Crippen molar-refractivity contribution in [2.24, 2.45) is 0 Å². The SMILES string of the molecule is C=c1ccc(=Cc2ccc(N)cc2)cc1. The third-order valence-electron chi connectivity index (χ3n) is 2.25. The maximum Gasteiger partial charge on any atom is 0.0314 e. The van der Waals surface area contributed by atoms with Crippen LogP contribution in [-0.4, -0.2) is 0 Å². The fraction of sp³-hybridized carbons (Fsp3) is 0. The molecule has 0 heterocycles. The Kier molecular flexibility index (Phi) is 2.55. The summed E-state index contributed by atoms with van der Waals surface area (Å²) in [6, 6.07) is 15.9. The molecule has 0 aliphatic rings. The van der Waals surface area contributed by atoms with E-state index in [1.165, 1.54) is 5.22 Å². The summed E-state index contributed by atoms with van der Waals surface area (Å²) in [6.07, 6.45) is 2.11. The van der Waals surface area contributed by atoms with E-state index in [1.54, 1.807) is 0 Å². The van der Waals surface area contributed by atoms with Crippen molar-refractivity contribution in [1.29, 1.82) is 0 Å². The van der Waals surface area contributed by atoms with Gasteiger partial charge in [-0.1, -0.05) is 43.0 Å². The molecule has 74 valence electrons. The molecule has 0 fully saturated rings. The van der Waals surface area contributed by atoms with Crippen LogP contribution in [0.3, 0.4) is 0 Å². The third-order valence-corrected chi connectivity index (χ3v) is 2.25. The van der Waals surface area contributed by atoms with Crippen molar-refractivity contribution in [2.75, 3.05) is 5.73 Å². The van der Waals surface area contributed by atoms with Gasteiger partial charge in [0.2, 0.25) is 0 Å². The quantitative estimate of drug-likeness (QED) is 0.686. The Morgan fingerprint density at radius 2 is 1.47 bits per heavy atom. The lowest BCUT2D eigenvalue weighted by Crippen LogP contribution is -2.05. The maximum atomic E-state index is 5.62. The monoisotopic (exact) mass is 195 g/mol. The molecule has 0 unspecified atom stereocenters. The predicted octanol–water partition coefficient (Wildman–Crippen LogP) is 1.51. The first kappa shape index (κ1) is 9.53. The molecule has 1 nitrogen and oxygen atoms in total. The van der Waals surface area contributed by atoms with Gasteiger partial charge in [0.1, 0.15) is 0 Å². The fourth-order valence-electron chi connectivity index (χ4n) is 1.40. The molecule has 0 bridgehead atoms. The largest absolute Gasteiger partial charge is 0.399 e. The van der Waals surface area contributed by atoms with Gasteiger partial charge in [0, 0.05) is 5.69 Å². The first-order valence-corrected chi connectivity index (χ1v) is 4.86. The van der Waals surface area contributed by atoms with E-state index in [4.69, 9.17) is 5.73 Å². The van der Waals surface area contributed by atoms with Crippen LogP contribution in [0.1, 0.15) is 5.56 Å². The van der Waals surface area contributed by atoms with Crippen LogP contribution in [0.5, 0.6) is 0 Å². The van der Waals surface area contributed by atoms with Crippen molar-refractivity contribution in [3.8, 4) is 0 Å². The molecule has 0 radical (unpaired) electrons. The van der Waals surface area contributed by atoms with Crippen molar-refractivity contribution in [3.05, 3.63) is 64.5 Å². The second-order valence-electron chi connectivity index (χ2n) is 3.55. The van der Waals surface area contributed by atoms with E-state index in [0.717, 1.165) is 16.5 Å². The highest BCUT2D eigenvalue weighted by Crippen LogP contribution is 2.05. The average Bonchev–Trinajstić information content (AvgIpc) is 2.25. The van der Waals surface area contributed by atoms with Gasteiger partial charge < -0.3 is 5.73 Å². The second-order valence-corrected chi connectivity index (χ2v) is 3.55. The molecule has 15 heavy (non-hydrogen) atoms. The van der Waals surface area contributed by atoms with Gasteiger partial charge in [-0.15, -0.1) is 0 Å². The summed E-state index contributed by atoms with van der Waals surface area (Å²) in [4.78, 5) is 0. The van der Waals surface area contributed by atoms with Crippen molar-refractivity contribution in [2.45, 2.75) is 0 Å². The molecule has 0 aromatic heterocycles. The predicted molar refractivity (Wildman–Crippen MR) is 65.6 cm³/mol. The molecule has 2 aromatic rings. The van der Waals surface area contributed by atoms with E-state index in [0.29, 0.717) is 0 Å². The van der Waals surface area contributed by atoms with Gasteiger partial charge >= 0.3 is 0 Å². The maximum absolute atomic E-state index is 5.62. The van der Waals surface area contributed by atoms with Gasteiger partial charge in [-0.2, -0.15) is 0 Å². The van der Waals surface area contributed by atoms with Crippen LogP contribution in [0.25, 0.3) is 12.7 Å². The van der Waals surface area contributed by atoms with Gasteiger partial charge in [-0.3, -0.25) is 0 Å². The minimum Gasteiger partial charge on any atom is -0.399 e. The molecule has 0 aliphatic heterocycles. The average molecular weight is 195 g/mol. The summed E-state index contributed by atoms with van der Waals surface area (Å²) in [5.74, 6) is 0. The van der Waals surface area contributed by atoms with Crippen LogP contribution in [0.15, 0.2) is 48.5 Å². The van der Waals surface area contributed by atoms with E-state index in [9.17, 15) is 0 Å². The number of benzene rings is 2. The Labute approximate surface area is 89.2 Å². The summed E-state index contributed by atoms with van der Waals surface area (Å²) in [6.45, 7) is 3.85. The van der Waals surface area contributed by atoms with Gasteiger partial charge in [-0.05, 0) is 34.2 Å². The minimum atomic E-state index is 0.792. The van der Waals surface area contributed by atoms with E-state index < -0.39 is 0 Å². The molecule has 0 aliphatic carbocycles. The molecular formula is C14H13N. The van der Waals surface area contributed by atoms with Crippen molar-refractivity contribution in [1.82, 2.24) is 0 Å². The number of hydrogen-bond donors (Lipinski definition) is 1. The number of nitrogens with two attached hydrogens (primary N) is 1. The molecule has 2 N–H and O–H groups in total. The van der Waals surface area contributed by atoms with Crippen molar-refractivity contribution < 1.29 is 0 Å². The molecule has 2 rings (SSSR count). The van der Waals surface area contributed by atoms with Crippen LogP contribution < -0.4 is 16.2 Å². The zero-order valence-electron chi connectivity index (χ0n) is 8.48. The summed E-state index contributed by atoms with van der Waals surface area (Å²) in [7, 11) is 0. The Morgan fingerprint density at radius 3 is 2.07 bits per heavy atom. The highest BCUT2D eigenvalue weighted by Gasteiger charge is 1.86. The highest BCUT2D eigenvalue weighted by atomic mass is 14.5. The molecule has 0 spiro atoms. The van der Waals surface area contributed by atoms with Crippen LogP contribution in [-0.2, 0) is 0 Å². The third kappa shape index (κ3) is 2.47. The van der Waals surface area contributed by atoms with Crippen molar-refractivity contribution in [3.63, 3.8) is 0 Å². The Bertz CT molecular complexity index is 529. The summed E-state index contributed by atoms with van der Waals surface area (Å²) >= 11 is 0. The summed E-state index contributed by atoms with van der Waals surface area (Å²) in [5.41, 5.74) is 7.56. The molecule has 0 amide bonds. The Morgan fingerprint density at radius 1 is 0.867 bits per heavy atom. The lowest BCUT2D eigenvalue weighted by atomic mass is 10.1. The van der Waals surface area contributed by atoms with Crippen molar-refractivity contribution >= 4 is 18.3 Å². The molecule has 1 heteroatoms. The first-order chi connectivity index (χ1) is 7.24. The number of rotatable bonds is 1. The van der Waals surface area contributed by atoms with E-state index in [2.05, 4.69) is 24.8 Å². The molecule has 2 aromatic carbocycles. The summed E-state index contributed by atoms with van der Waals surface area (Å²) < 4.78 is 0. The zero-order chi connectivity index (χ0) is 10.7. The number of nitrogen functional groups attached to an aromatic ring is 1. The lowest BCUT2D eigenvalue weighted by Gasteiger charge is -1.94. The standard InChI is InChI=1S/C14H13N/c1-11-2-4-12(5-3-11)10-13-6-8-14(15)9-7-13/h2-10H,1,15H2. The highest BCUT2D eigenvalue weighted by molar-refractivity contribution is 5.53. The molecule has 0 saturated heterocycles. The minimum absolute atomic E-state index is 0.792. The van der Waals surface area contributed by atoms with Crippen LogP contribution in [0.4, 0.5) is 5.69 Å². The van der Waals surface area contributed by atoms with Gasteiger partial charge in [0.15, 0.2) is 0 Å². The summed E-state index contributed by atoms with van der Waals surface area (Å²) in [5, 5.41) is 2.21. The number of hydrogen-bond acceptors (Lipinski definition) is 1. The van der Waals surface area contributed by atoms with Crippen LogP contribution in [0.2, 0.25) is 0 Å². The topological polar surface area (TPSA) is 26.0 Å². The lowest BCUT2D eigenvalue weighted by molar-refractivity contribution is 1.54. The van der Waals surface area contributed by atoms with Crippen LogP contribution in [0, 0.1) is 0 Å². The van der Waals surface area contributed by atoms with Crippen LogP contribution >= 0.6 is 0 Å². The number of anilines is 1. The van der Waals surface area contributed by atoms with E-state index >= 15 is 0 Å². The fourth-order valence-corrected chi connectivity index (χ4v) is 1.40. The second kappa shape index (κ2) is 4.01. The Balaban J connectivity index is 2.42. The molecule has 0 atom stereocenters. The normalized spacial score (nSPS) is 9.87. The van der Waals surface area contributed by atoms with Gasteiger partial charge in [0.25, 0.3) is 0 Å². The van der Waals surface area contributed by atoms with E-state index in [1.807, 2.05) is 36.4 Å². The molecular weight excluding hydrogens is 182 g/mol. The zero-order valence-corrected chi connectivity index (χ0v) is 8.48. The molecule has 0 saturated carbocycles. The van der Waals surface area contributed by atoms with Gasteiger partial charge in [0.05, 0.1) is 0 Å². The first-order valence-electron chi connectivity index (χ1n) is 4.86.